The fourth-order valence-electron chi connectivity index (χ4n) is 8.70. The Balaban J connectivity index is 1.43. The van der Waals surface area contributed by atoms with Gasteiger partial charge in [-0.2, -0.15) is 0 Å². The molecule has 0 radical (unpaired) electrons. The van der Waals surface area contributed by atoms with Crippen LogP contribution in [0.1, 0.15) is 51.9 Å². The first kappa shape index (κ1) is 24.6. The van der Waals surface area contributed by atoms with Crippen molar-refractivity contribution >= 4 is 5.97 Å². The van der Waals surface area contributed by atoms with E-state index in [-0.39, 0.29) is 23.7 Å². The van der Waals surface area contributed by atoms with E-state index in [1.807, 2.05) is 0 Å². The summed E-state index contributed by atoms with van der Waals surface area (Å²) in [6.07, 6.45) is -2.98. The molecular weight excluding hydrogens is 444 g/mol. The maximum atomic E-state index is 12.4. The standard InChI is InChI=1S/C25H38O9/c1-11-12-3-4-17-24(2)9-13(33-23-20(29)19(28)18(27)16(10-26)34-23)7-14(22(31)32)15(24)5-6-25(17,8-12)21(11)30/h12-21,23,26-30H,1,3-10H2,2H3,(H,31,32)/t12-,13-,14-,15-,16-,17+,18-,19+,20-,21+,23-,24-,25?/m1/s1. The van der Waals surface area contributed by atoms with Gasteiger partial charge < -0.3 is 40.1 Å². The molecule has 2 bridgehead atoms. The summed E-state index contributed by atoms with van der Waals surface area (Å²) in [5.74, 6) is -1.10. The average Bonchev–Trinajstić information content (AvgIpc) is 2.98. The monoisotopic (exact) mass is 482 g/mol. The largest absolute Gasteiger partial charge is 0.481 e. The van der Waals surface area contributed by atoms with Gasteiger partial charge in [0.2, 0.25) is 0 Å². The van der Waals surface area contributed by atoms with Gasteiger partial charge in [-0.15, -0.1) is 0 Å². The van der Waals surface area contributed by atoms with Gasteiger partial charge in [0.1, 0.15) is 24.4 Å². The fourth-order valence-corrected chi connectivity index (χ4v) is 8.70. The molecule has 9 nitrogen and oxygen atoms in total. The van der Waals surface area contributed by atoms with Gasteiger partial charge in [0, 0.05) is 5.41 Å². The minimum atomic E-state index is -1.55. The molecule has 0 aromatic rings. The molecule has 5 aliphatic rings. The van der Waals surface area contributed by atoms with Gasteiger partial charge in [0.25, 0.3) is 0 Å². The summed E-state index contributed by atoms with van der Waals surface area (Å²) in [5.41, 5.74) is 0.248. The molecule has 5 rings (SSSR count). The van der Waals surface area contributed by atoms with E-state index < -0.39 is 66.8 Å². The Hall–Kier alpha value is -1.07. The fraction of sp³-hybridized carbons (Fsp3) is 0.880. The van der Waals surface area contributed by atoms with Gasteiger partial charge in [0.05, 0.1) is 24.7 Å². The summed E-state index contributed by atoms with van der Waals surface area (Å²) < 4.78 is 11.6. The molecule has 13 atom stereocenters. The second kappa shape index (κ2) is 8.50. The lowest BCUT2D eigenvalue weighted by atomic mass is 9.43. The third-order valence-electron chi connectivity index (χ3n) is 10.3. The van der Waals surface area contributed by atoms with Gasteiger partial charge in [-0.25, -0.2) is 0 Å². The molecule has 1 saturated heterocycles. The number of carboxylic acid groups (broad SMARTS) is 1. The highest BCUT2D eigenvalue weighted by Gasteiger charge is 2.66. The Bertz CT molecular complexity index is 831. The predicted molar refractivity (Wildman–Crippen MR) is 118 cm³/mol. The number of fused-ring (bicyclic) bond motifs is 3. The van der Waals surface area contributed by atoms with E-state index in [1.54, 1.807) is 0 Å². The average molecular weight is 483 g/mol. The second-order valence-corrected chi connectivity index (χ2v) is 11.7. The molecule has 192 valence electrons. The third-order valence-corrected chi connectivity index (χ3v) is 10.3. The third kappa shape index (κ3) is 3.43. The summed E-state index contributed by atoms with van der Waals surface area (Å²) in [4.78, 5) is 12.4. The molecular formula is C25H38O9. The first-order valence-corrected chi connectivity index (χ1v) is 12.6. The molecule has 5 fully saturated rings. The number of hydrogen-bond donors (Lipinski definition) is 6. The van der Waals surface area contributed by atoms with Gasteiger partial charge in [-0.3, -0.25) is 4.79 Å². The van der Waals surface area contributed by atoms with Crippen LogP contribution >= 0.6 is 0 Å². The normalized spacial score (nSPS) is 54.9. The van der Waals surface area contributed by atoms with Crippen LogP contribution in [0.2, 0.25) is 0 Å². The molecule has 4 aliphatic carbocycles. The lowest BCUT2D eigenvalue weighted by Crippen LogP contribution is -2.62. The van der Waals surface area contributed by atoms with Crippen LogP contribution in [0.25, 0.3) is 0 Å². The SMILES string of the molecule is C=C1[C@@H]2CC[C@@H]3C(CC[C@@H]4[C@H](C(=O)O)C[C@@H](O[C@@H]5O[C@H](CO)[C@@H](O)[C@H](O)[C@H]5O)C[C@]43C)(C2)[C@H]1O. The van der Waals surface area contributed by atoms with Crippen LogP contribution < -0.4 is 0 Å². The van der Waals surface area contributed by atoms with Crippen molar-refractivity contribution in [3.63, 3.8) is 0 Å². The number of carbonyl (C=O) groups is 1. The van der Waals surface area contributed by atoms with Crippen molar-refractivity contribution in [1.82, 2.24) is 0 Å². The van der Waals surface area contributed by atoms with E-state index in [0.29, 0.717) is 12.3 Å². The molecule has 1 aliphatic heterocycles. The molecule has 34 heavy (non-hydrogen) atoms. The topological polar surface area (TPSA) is 157 Å². The minimum absolute atomic E-state index is 0.0482. The van der Waals surface area contributed by atoms with Crippen LogP contribution in [-0.2, 0) is 14.3 Å². The molecule has 1 unspecified atom stereocenters. The molecule has 0 aromatic carbocycles. The molecule has 9 heteroatoms. The highest BCUT2D eigenvalue weighted by Crippen LogP contribution is 2.70. The van der Waals surface area contributed by atoms with Gasteiger partial charge in [-0.1, -0.05) is 13.5 Å². The van der Waals surface area contributed by atoms with E-state index in [9.17, 15) is 35.4 Å². The molecule has 1 heterocycles. The molecule has 4 saturated carbocycles. The Labute approximate surface area is 199 Å². The van der Waals surface area contributed by atoms with E-state index in [1.165, 1.54) is 0 Å². The number of rotatable bonds is 4. The van der Waals surface area contributed by atoms with Crippen molar-refractivity contribution in [2.24, 2.45) is 34.5 Å². The first-order valence-electron chi connectivity index (χ1n) is 12.6. The van der Waals surface area contributed by atoms with Gasteiger partial charge >= 0.3 is 5.97 Å². The second-order valence-electron chi connectivity index (χ2n) is 11.7. The number of aliphatic hydroxyl groups is 5. The van der Waals surface area contributed by atoms with Crippen LogP contribution in [0.3, 0.4) is 0 Å². The summed E-state index contributed by atoms with van der Waals surface area (Å²) in [5, 5.41) is 61.5. The Kier molecular flexibility index (Phi) is 6.16. The number of ether oxygens (including phenoxy) is 2. The van der Waals surface area contributed by atoms with Crippen molar-refractivity contribution in [3.05, 3.63) is 12.2 Å². The highest BCUT2D eigenvalue weighted by atomic mass is 16.7. The van der Waals surface area contributed by atoms with Crippen LogP contribution in [0.15, 0.2) is 12.2 Å². The Morgan fingerprint density at radius 1 is 1.12 bits per heavy atom. The molecule has 0 aromatic heterocycles. The van der Waals surface area contributed by atoms with Gasteiger partial charge in [0.15, 0.2) is 6.29 Å². The lowest BCUT2D eigenvalue weighted by molar-refractivity contribution is -0.319. The van der Waals surface area contributed by atoms with Crippen molar-refractivity contribution in [2.75, 3.05) is 6.61 Å². The van der Waals surface area contributed by atoms with Crippen LogP contribution in [0.4, 0.5) is 0 Å². The number of carboxylic acids is 1. The summed E-state index contributed by atoms with van der Waals surface area (Å²) in [6.45, 7) is 5.76. The molecule has 0 amide bonds. The Morgan fingerprint density at radius 2 is 1.85 bits per heavy atom. The van der Waals surface area contributed by atoms with E-state index in [0.717, 1.165) is 37.7 Å². The van der Waals surface area contributed by atoms with Crippen molar-refractivity contribution in [3.8, 4) is 0 Å². The predicted octanol–water partition coefficient (Wildman–Crippen LogP) is 0.416. The zero-order valence-corrected chi connectivity index (χ0v) is 19.6. The van der Waals surface area contributed by atoms with E-state index >= 15 is 0 Å². The van der Waals surface area contributed by atoms with Crippen molar-refractivity contribution in [2.45, 2.75) is 94.8 Å². The van der Waals surface area contributed by atoms with E-state index in [2.05, 4.69) is 13.5 Å². The van der Waals surface area contributed by atoms with Gasteiger partial charge in [-0.05, 0) is 73.7 Å². The van der Waals surface area contributed by atoms with Crippen molar-refractivity contribution < 1.29 is 44.9 Å². The zero-order chi connectivity index (χ0) is 24.6. The number of hydrogen-bond acceptors (Lipinski definition) is 8. The number of aliphatic hydroxyl groups excluding tert-OH is 5. The van der Waals surface area contributed by atoms with Crippen molar-refractivity contribution in [1.29, 1.82) is 0 Å². The Morgan fingerprint density at radius 3 is 2.53 bits per heavy atom. The maximum absolute atomic E-state index is 12.4. The molecule has 1 spiro atoms. The van der Waals surface area contributed by atoms with Crippen LogP contribution in [0, 0.1) is 34.5 Å². The summed E-state index contributed by atoms with van der Waals surface area (Å²) in [6, 6.07) is 0. The highest BCUT2D eigenvalue weighted by molar-refractivity contribution is 5.71. The smallest absolute Gasteiger partial charge is 0.306 e. The number of aliphatic carboxylic acids is 1. The first-order chi connectivity index (χ1) is 16.0. The lowest BCUT2D eigenvalue weighted by Gasteiger charge is -2.62. The van der Waals surface area contributed by atoms with E-state index in [4.69, 9.17) is 9.47 Å². The van der Waals surface area contributed by atoms with Crippen LogP contribution in [-0.4, -0.2) is 86.1 Å². The quantitative estimate of drug-likeness (QED) is 0.247. The molecule has 6 N–H and O–H groups in total. The maximum Gasteiger partial charge on any atom is 0.306 e. The zero-order valence-electron chi connectivity index (χ0n) is 19.6. The summed E-state index contributed by atoms with van der Waals surface area (Å²) in [7, 11) is 0. The summed E-state index contributed by atoms with van der Waals surface area (Å²) >= 11 is 0. The van der Waals surface area contributed by atoms with Crippen LogP contribution in [0.5, 0.6) is 0 Å². The minimum Gasteiger partial charge on any atom is -0.481 e.